The quantitative estimate of drug-likeness (QED) is 0.584. The maximum Gasteiger partial charge on any atom is 0.329 e. The molecule has 0 unspecified atom stereocenters. The van der Waals surface area contributed by atoms with Crippen LogP contribution in [0.15, 0.2) is 46.5 Å². The molecule has 0 aromatic carbocycles. The summed E-state index contributed by atoms with van der Waals surface area (Å²) in [6.07, 6.45) is 4.86. The fraction of sp³-hybridized carbons (Fsp3) is 0.0909. The predicted octanol–water partition coefficient (Wildman–Crippen LogP) is 0.0315. The van der Waals surface area contributed by atoms with E-state index < -0.39 is 5.69 Å². The second-order valence-electron chi connectivity index (χ2n) is 3.45. The number of pyridine rings is 1. The number of nitrogens with zero attached hydrogens (tertiary/aromatic N) is 3. The van der Waals surface area contributed by atoms with Crippen molar-refractivity contribution in [2.24, 2.45) is 7.05 Å². The molecule has 0 bridgehead atoms. The Hall–Kier alpha value is -2.70. The number of nitrogens with one attached hydrogen (secondary N) is 2. The van der Waals surface area contributed by atoms with Crippen LogP contribution in [0.1, 0.15) is 0 Å². The summed E-state index contributed by atoms with van der Waals surface area (Å²) in [6.45, 7) is 0. The van der Waals surface area contributed by atoms with Crippen LogP contribution >= 0.6 is 0 Å². The topological polar surface area (TPSA) is 96.4 Å². The highest BCUT2D eigenvalue weighted by Gasteiger charge is 2.04. The summed E-state index contributed by atoms with van der Waals surface area (Å²) in [5, 5.41) is 0. The molecule has 0 aliphatic heterocycles. The van der Waals surface area contributed by atoms with Gasteiger partial charge >= 0.3 is 5.69 Å². The molecular formula is C11H11N5O2. The zero-order chi connectivity index (χ0) is 13.0. The van der Waals surface area contributed by atoms with Gasteiger partial charge in [0.25, 0.3) is 5.56 Å². The molecule has 0 aliphatic rings. The van der Waals surface area contributed by atoms with Crippen LogP contribution in [0, 0.1) is 0 Å². The van der Waals surface area contributed by atoms with Crippen molar-refractivity contribution in [1.82, 2.24) is 24.5 Å². The second-order valence-corrected chi connectivity index (χ2v) is 3.45. The van der Waals surface area contributed by atoms with Gasteiger partial charge in [-0.15, -0.1) is 0 Å². The fourth-order valence-electron chi connectivity index (χ4n) is 1.31. The summed E-state index contributed by atoms with van der Waals surface area (Å²) in [5.74, 6) is 0. The van der Waals surface area contributed by atoms with Gasteiger partial charge in [-0.2, -0.15) is 0 Å². The fourth-order valence-corrected chi connectivity index (χ4v) is 1.31. The first-order valence-electron chi connectivity index (χ1n) is 5.17. The first-order valence-corrected chi connectivity index (χ1v) is 5.17. The van der Waals surface area contributed by atoms with E-state index >= 15 is 0 Å². The van der Waals surface area contributed by atoms with E-state index in [4.69, 9.17) is 0 Å². The van der Waals surface area contributed by atoms with Gasteiger partial charge in [-0.05, 0) is 12.1 Å². The van der Waals surface area contributed by atoms with Crippen LogP contribution in [-0.2, 0) is 7.05 Å². The molecule has 3 heterocycles. The predicted molar refractivity (Wildman–Crippen MR) is 66.2 cm³/mol. The summed E-state index contributed by atoms with van der Waals surface area (Å²) in [7, 11) is 1.40. The average Bonchev–Trinajstić information content (AvgIpc) is 2.87. The average molecular weight is 245 g/mol. The Morgan fingerprint density at radius 1 is 1.17 bits per heavy atom. The first kappa shape index (κ1) is 11.8. The highest BCUT2D eigenvalue weighted by atomic mass is 16.2. The summed E-state index contributed by atoms with van der Waals surface area (Å²) in [5.41, 5.74) is -0.217. The van der Waals surface area contributed by atoms with Crippen molar-refractivity contribution in [3.8, 4) is 0 Å². The minimum atomic E-state index is -0.459. The van der Waals surface area contributed by atoms with Gasteiger partial charge < -0.3 is 4.98 Å². The van der Waals surface area contributed by atoms with E-state index in [1.54, 1.807) is 12.4 Å². The van der Waals surface area contributed by atoms with Crippen molar-refractivity contribution in [1.29, 1.82) is 0 Å². The number of hydrogen-bond donors (Lipinski definition) is 2. The molecule has 92 valence electrons. The molecule has 0 radical (unpaired) electrons. The molecule has 0 saturated carbocycles. The van der Waals surface area contributed by atoms with Crippen molar-refractivity contribution in [3.05, 3.63) is 57.8 Å². The van der Waals surface area contributed by atoms with Crippen molar-refractivity contribution < 1.29 is 0 Å². The Bertz CT molecular complexity index is 715. The second kappa shape index (κ2) is 5.09. The molecule has 2 N–H and O–H groups in total. The molecule has 0 fully saturated rings. The minimum Gasteiger partial charge on any atom is -0.339 e. The van der Waals surface area contributed by atoms with Gasteiger partial charge in [0, 0.05) is 19.4 Å². The third-order valence-electron chi connectivity index (χ3n) is 2.25. The highest BCUT2D eigenvalue weighted by Crippen LogP contribution is 1.93. The van der Waals surface area contributed by atoms with Crippen molar-refractivity contribution in [2.75, 3.05) is 0 Å². The highest BCUT2D eigenvalue weighted by molar-refractivity contribution is 5.67. The normalized spacial score (nSPS) is 9.83. The Morgan fingerprint density at radius 3 is 2.44 bits per heavy atom. The molecule has 0 saturated heterocycles. The van der Waals surface area contributed by atoms with Crippen molar-refractivity contribution in [2.45, 2.75) is 0 Å². The largest absolute Gasteiger partial charge is 0.339 e. The minimum absolute atomic E-state index is 0.295. The summed E-state index contributed by atoms with van der Waals surface area (Å²) < 4.78 is 0.987. The lowest BCUT2D eigenvalue weighted by Gasteiger charge is -1.93. The number of rotatable bonds is 0. The smallest absolute Gasteiger partial charge is 0.329 e. The summed E-state index contributed by atoms with van der Waals surface area (Å²) >= 11 is 0. The van der Waals surface area contributed by atoms with E-state index in [2.05, 4.69) is 19.9 Å². The third kappa shape index (κ3) is 2.34. The summed E-state index contributed by atoms with van der Waals surface area (Å²) in [4.78, 5) is 34.9. The molecule has 3 rings (SSSR count). The molecule has 3 aromatic rings. The number of fused-ring (bicyclic) bond motifs is 1. The Labute approximate surface area is 101 Å². The Kier molecular flexibility index (Phi) is 3.33. The number of aromatic amines is 2. The van der Waals surface area contributed by atoms with Gasteiger partial charge in [-0.25, -0.2) is 9.78 Å². The number of hydrogen-bond acceptors (Lipinski definition) is 4. The SMILES string of the molecule is Cn1c(=O)[nH]c2nc[nH]c2c1=O.c1ccncc1. The van der Waals surface area contributed by atoms with Gasteiger partial charge in [-0.1, -0.05) is 6.07 Å². The van der Waals surface area contributed by atoms with E-state index in [0.717, 1.165) is 4.57 Å². The van der Waals surface area contributed by atoms with Crippen molar-refractivity contribution in [3.63, 3.8) is 0 Å². The Balaban J connectivity index is 0.000000169. The van der Waals surface area contributed by atoms with E-state index in [-0.39, 0.29) is 5.56 Å². The maximum absolute atomic E-state index is 11.3. The lowest BCUT2D eigenvalue weighted by Crippen LogP contribution is -2.32. The van der Waals surface area contributed by atoms with Gasteiger partial charge in [-0.3, -0.25) is 19.3 Å². The summed E-state index contributed by atoms with van der Waals surface area (Å²) in [6, 6.07) is 5.72. The van der Waals surface area contributed by atoms with Crippen LogP contribution in [-0.4, -0.2) is 24.5 Å². The van der Waals surface area contributed by atoms with E-state index in [1.807, 2.05) is 18.2 Å². The maximum atomic E-state index is 11.3. The molecule has 7 nitrogen and oxygen atoms in total. The Morgan fingerprint density at radius 2 is 1.89 bits per heavy atom. The molecule has 0 amide bonds. The van der Waals surface area contributed by atoms with Crippen LogP contribution in [0.5, 0.6) is 0 Å². The molecule has 3 aromatic heterocycles. The van der Waals surface area contributed by atoms with Gasteiger partial charge in [0.2, 0.25) is 0 Å². The molecule has 0 atom stereocenters. The van der Waals surface area contributed by atoms with Gasteiger partial charge in [0.1, 0.15) is 5.52 Å². The molecular weight excluding hydrogens is 234 g/mol. The van der Waals surface area contributed by atoms with Crippen LogP contribution < -0.4 is 11.2 Å². The van der Waals surface area contributed by atoms with E-state index in [9.17, 15) is 9.59 Å². The zero-order valence-electron chi connectivity index (χ0n) is 9.62. The molecule has 0 spiro atoms. The zero-order valence-corrected chi connectivity index (χ0v) is 9.62. The monoisotopic (exact) mass is 245 g/mol. The van der Waals surface area contributed by atoms with Crippen LogP contribution in [0.2, 0.25) is 0 Å². The van der Waals surface area contributed by atoms with Crippen LogP contribution in [0.25, 0.3) is 11.2 Å². The molecule has 0 aliphatic carbocycles. The van der Waals surface area contributed by atoms with Gasteiger partial charge in [0.05, 0.1) is 6.33 Å². The number of aromatic nitrogens is 5. The molecule has 7 heteroatoms. The van der Waals surface area contributed by atoms with E-state index in [0.29, 0.717) is 11.2 Å². The number of imidazole rings is 1. The number of H-pyrrole nitrogens is 2. The lowest BCUT2D eigenvalue weighted by atomic mass is 10.5. The first-order chi connectivity index (χ1) is 8.70. The van der Waals surface area contributed by atoms with Crippen molar-refractivity contribution >= 4 is 11.2 Å². The standard InChI is InChI=1S/C6H6N4O2.C5H5N/c1-10-5(11)3-4(8-2-7-3)9-6(10)12;1-2-4-6-5-3-1/h2H,1H3,(H,7,8)(H,9,12);1-5H. The van der Waals surface area contributed by atoms with Gasteiger partial charge in [0.15, 0.2) is 5.65 Å². The van der Waals surface area contributed by atoms with Crippen LogP contribution in [0.3, 0.4) is 0 Å². The molecule has 18 heavy (non-hydrogen) atoms. The van der Waals surface area contributed by atoms with E-state index in [1.165, 1.54) is 13.4 Å². The van der Waals surface area contributed by atoms with Crippen LogP contribution in [0.4, 0.5) is 0 Å². The third-order valence-corrected chi connectivity index (χ3v) is 2.25. The lowest BCUT2D eigenvalue weighted by molar-refractivity contribution is 0.790.